The zero-order chi connectivity index (χ0) is 24.3. The van der Waals surface area contributed by atoms with Gasteiger partial charge in [-0.05, 0) is 47.4 Å². The Balaban J connectivity index is 2.41. The number of allylic oxidation sites excluding steroid dienone is 1. The minimum Gasteiger partial charge on any atom is -0.481 e. The van der Waals surface area contributed by atoms with Gasteiger partial charge in [0.25, 0.3) is 0 Å². The summed E-state index contributed by atoms with van der Waals surface area (Å²) < 4.78 is 23.7. The number of hydrogen-bond acceptors (Lipinski definition) is 4. The van der Waals surface area contributed by atoms with E-state index in [1.807, 2.05) is 25.1 Å². The summed E-state index contributed by atoms with van der Waals surface area (Å²) in [6.07, 6.45) is 4.86. The Morgan fingerprint density at radius 2 is 1.91 bits per heavy atom. The van der Waals surface area contributed by atoms with Crippen LogP contribution in [0.25, 0.3) is 0 Å². The van der Waals surface area contributed by atoms with Crippen LogP contribution in [0.1, 0.15) is 64.5 Å². The molecule has 0 aliphatic carbocycles. The van der Waals surface area contributed by atoms with Crippen LogP contribution in [0.5, 0.6) is 0 Å². The maximum atomic E-state index is 12.8. The number of rotatable bonds is 9. The molecule has 1 aliphatic rings. The van der Waals surface area contributed by atoms with E-state index in [2.05, 4.69) is 20.8 Å². The lowest BCUT2D eigenvalue weighted by Gasteiger charge is -2.39. The van der Waals surface area contributed by atoms with Gasteiger partial charge in [0.2, 0.25) is 5.91 Å². The topological polar surface area (TPSA) is 91.8 Å². The van der Waals surface area contributed by atoms with Crippen LogP contribution in [0, 0.1) is 5.41 Å². The Hall–Kier alpha value is -1.86. The van der Waals surface area contributed by atoms with Crippen molar-refractivity contribution in [2.45, 2.75) is 65.2 Å². The molecule has 0 saturated heterocycles. The highest BCUT2D eigenvalue weighted by molar-refractivity contribution is 7.90. The van der Waals surface area contributed by atoms with E-state index < -0.39 is 21.2 Å². The molecule has 1 aliphatic heterocycles. The van der Waals surface area contributed by atoms with Crippen LogP contribution in [0.3, 0.4) is 0 Å². The summed E-state index contributed by atoms with van der Waals surface area (Å²) in [5, 5.41) is 9.62. The molecular formula is C24H34ClNO5S. The Morgan fingerprint density at radius 1 is 1.25 bits per heavy atom. The SMILES string of the molecule is CC(C)(C)CCc1ccc([C@]2(C)CC(=O)N(CCC(=O)O)C=C2CCS(C)(=O)=O)cc1Cl. The van der Waals surface area contributed by atoms with Crippen molar-refractivity contribution >= 4 is 33.3 Å². The number of aliphatic carboxylic acids is 1. The molecule has 0 spiro atoms. The Bertz CT molecular complexity index is 1010. The summed E-state index contributed by atoms with van der Waals surface area (Å²) >= 11 is 6.61. The van der Waals surface area contributed by atoms with Crippen molar-refractivity contribution < 1.29 is 23.1 Å². The molecule has 178 valence electrons. The third-order valence-electron chi connectivity index (χ3n) is 5.99. The zero-order valence-electron chi connectivity index (χ0n) is 19.6. The van der Waals surface area contributed by atoms with E-state index in [9.17, 15) is 18.0 Å². The van der Waals surface area contributed by atoms with Crippen LogP contribution in [-0.4, -0.2) is 48.9 Å². The number of halogens is 1. The van der Waals surface area contributed by atoms with E-state index in [1.54, 1.807) is 6.20 Å². The van der Waals surface area contributed by atoms with E-state index >= 15 is 0 Å². The lowest BCUT2D eigenvalue weighted by molar-refractivity contribution is -0.138. The summed E-state index contributed by atoms with van der Waals surface area (Å²) in [6, 6.07) is 5.84. The molecule has 1 amide bonds. The summed E-state index contributed by atoms with van der Waals surface area (Å²) in [7, 11) is -3.21. The van der Waals surface area contributed by atoms with Crippen molar-refractivity contribution in [2.24, 2.45) is 5.41 Å². The Morgan fingerprint density at radius 3 is 2.44 bits per heavy atom. The first-order valence-electron chi connectivity index (χ1n) is 10.8. The van der Waals surface area contributed by atoms with Gasteiger partial charge < -0.3 is 10.0 Å². The fourth-order valence-corrected chi connectivity index (χ4v) is 4.72. The standard InChI is InChI=1S/C24H34ClNO5S/c1-23(2,3)11-8-17-6-7-18(14-20(17)25)24(4)15-21(27)26(12-9-22(28)29)16-19(24)10-13-32(5,30)31/h6-7,14,16H,8-13,15H2,1-5H3,(H,28,29)/t24-/m0/s1. The average molecular weight is 484 g/mol. The Kier molecular flexibility index (Phi) is 8.21. The Labute approximate surface area is 196 Å². The van der Waals surface area contributed by atoms with Crippen LogP contribution in [-0.2, 0) is 31.3 Å². The molecule has 0 fully saturated rings. The third-order valence-corrected chi connectivity index (χ3v) is 7.29. The number of nitrogens with zero attached hydrogens (tertiary/aromatic N) is 1. The number of amides is 1. The van der Waals surface area contributed by atoms with Crippen LogP contribution < -0.4 is 0 Å². The van der Waals surface area contributed by atoms with Gasteiger partial charge in [-0.1, -0.05) is 51.4 Å². The zero-order valence-corrected chi connectivity index (χ0v) is 21.1. The van der Waals surface area contributed by atoms with Gasteiger partial charge in [-0.2, -0.15) is 0 Å². The lowest BCUT2D eigenvalue weighted by atomic mass is 9.70. The average Bonchev–Trinajstić information content (AvgIpc) is 2.63. The first-order valence-corrected chi connectivity index (χ1v) is 13.2. The fourth-order valence-electron chi connectivity index (χ4n) is 3.85. The van der Waals surface area contributed by atoms with Crippen molar-refractivity contribution in [2.75, 3.05) is 18.6 Å². The number of sulfone groups is 1. The number of carbonyl (C=O) groups is 2. The molecule has 1 aromatic carbocycles. The molecule has 8 heteroatoms. The van der Waals surface area contributed by atoms with E-state index in [0.717, 1.165) is 29.5 Å². The molecule has 0 bridgehead atoms. The van der Waals surface area contributed by atoms with E-state index in [4.69, 9.17) is 16.7 Å². The van der Waals surface area contributed by atoms with Gasteiger partial charge in [-0.15, -0.1) is 0 Å². The predicted octanol–water partition coefficient (Wildman–Crippen LogP) is 4.60. The molecule has 0 aromatic heterocycles. The first kappa shape index (κ1) is 26.4. The van der Waals surface area contributed by atoms with Gasteiger partial charge in [0.1, 0.15) is 9.84 Å². The van der Waals surface area contributed by atoms with Crippen molar-refractivity contribution in [3.63, 3.8) is 0 Å². The van der Waals surface area contributed by atoms with E-state index in [-0.39, 0.29) is 42.9 Å². The summed E-state index contributed by atoms with van der Waals surface area (Å²) in [5.74, 6) is -1.23. The third kappa shape index (κ3) is 7.34. The van der Waals surface area contributed by atoms with Crippen LogP contribution >= 0.6 is 11.6 Å². The number of carboxylic acids is 1. The predicted molar refractivity (Wildman–Crippen MR) is 128 cm³/mol. The van der Waals surface area contributed by atoms with Gasteiger partial charge in [0.15, 0.2) is 0 Å². The second kappa shape index (κ2) is 9.96. The van der Waals surface area contributed by atoms with E-state index in [1.165, 1.54) is 11.2 Å². The lowest BCUT2D eigenvalue weighted by Crippen LogP contribution is -2.42. The first-order chi connectivity index (χ1) is 14.6. The molecule has 1 heterocycles. The smallest absolute Gasteiger partial charge is 0.305 e. The maximum Gasteiger partial charge on any atom is 0.305 e. The molecule has 0 radical (unpaired) electrons. The highest BCUT2D eigenvalue weighted by atomic mass is 35.5. The minimum absolute atomic E-state index is 0.0488. The fraction of sp³-hybridized carbons (Fsp3) is 0.583. The quantitative estimate of drug-likeness (QED) is 0.554. The molecule has 2 rings (SSSR count). The van der Waals surface area contributed by atoms with Crippen LogP contribution in [0.15, 0.2) is 30.0 Å². The highest BCUT2D eigenvalue weighted by Crippen LogP contribution is 2.42. The number of aryl methyl sites for hydroxylation is 1. The van der Waals surface area contributed by atoms with Gasteiger partial charge in [0, 0.05) is 35.9 Å². The van der Waals surface area contributed by atoms with Crippen LogP contribution in [0.4, 0.5) is 0 Å². The van der Waals surface area contributed by atoms with Gasteiger partial charge in [-0.3, -0.25) is 9.59 Å². The van der Waals surface area contributed by atoms with Crippen LogP contribution in [0.2, 0.25) is 5.02 Å². The highest BCUT2D eigenvalue weighted by Gasteiger charge is 2.39. The van der Waals surface area contributed by atoms with E-state index in [0.29, 0.717) is 5.02 Å². The van der Waals surface area contributed by atoms with Gasteiger partial charge >= 0.3 is 5.97 Å². The van der Waals surface area contributed by atoms with Crippen molar-refractivity contribution in [1.82, 2.24) is 4.90 Å². The van der Waals surface area contributed by atoms with Gasteiger partial charge in [0.05, 0.1) is 12.2 Å². The molecule has 32 heavy (non-hydrogen) atoms. The number of benzene rings is 1. The number of carbonyl (C=O) groups excluding carboxylic acids is 1. The monoisotopic (exact) mass is 483 g/mol. The number of carboxylic acid groups (broad SMARTS) is 1. The molecule has 6 nitrogen and oxygen atoms in total. The summed E-state index contributed by atoms with van der Waals surface area (Å²) in [4.78, 5) is 25.2. The van der Waals surface area contributed by atoms with Gasteiger partial charge in [-0.25, -0.2) is 8.42 Å². The molecule has 1 aromatic rings. The molecule has 0 saturated carbocycles. The largest absolute Gasteiger partial charge is 0.481 e. The second-order valence-electron chi connectivity index (χ2n) is 10.1. The second-order valence-corrected chi connectivity index (χ2v) is 12.8. The maximum absolute atomic E-state index is 12.8. The molecular weight excluding hydrogens is 450 g/mol. The van der Waals surface area contributed by atoms with Crippen molar-refractivity contribution in [1.29, 1.82) is 0 Å². The molecule has 1 N–H and O–H groups in total. The summed E-state index contributed by atoms with van der Waals surface area (Å²) in [6.45, 7) is 8.52. The normalized spacial score (nSPS) is 19.8. The summed E-state index contributed by atoms with van der Waals surface area (Å²) in [5.41, 5.74) is 2.15. The molecule has 1 atom stereocenters. The molecule has 0 unspecified atom stereocenters. The van der Waals surface area contributed by atoms with Crippen molar-refractivity contribution in [3.8, 4) is 0 Å². The number of hydrogen-bond donors (Lipinski definition) is 1. The van der Waals surface area contributed by atoms with Crippen molar-refractivity contribution in [3.05, 3.63) is 46.1 Å². The minimum atomic E-state index is -3.21.